The number of hydrogen-bond donors (Lipinski definition) is 2. The van der Waals surface area contributed by atoms with Crippen molar-refractivity contribution in [3.05, 3.63) is 58.9 Å². The van der Waals surface area contributed by atoms with Crippen LogP contribution < -0.4 is 29.2 Å². The van der Waals surface area contributed by atoms with Crippen molar-refractivity contribution in [1.82, 2.24) is 30.0 Å². The standard InChI is InChI=1S/C41H57N7O6/c1-7-45-16-10-27-23-33(51-3)35(53-5)25-30(27)38(45)32-22-29(39(50)46-18-20-47(21-19-46)40-43-14-15-44-40)8-12-41(32)31-26-36(54-6)34(52-4)24-28(31)11-17-48(41)37(49)9-13-42-2/h14-15,23-26,29,32,38,42H,7-13,16-22H2,1-6H3,(H,43,44). The van der Waals surface area contributed by atoms with Gasteiger partial charge in [-0.3, -0.25) is 14.5 Å². The molecule has 0 bridgehead atoms. The second-order valence-corrected chi connectivity index (χ2v) is 15.0. The van der Waals surface area contributed by atoms with Crippen LogP contribution in [-0.2, 0) is 28.0 Å². The highest BCUT2D eigenvalue weighted by Gasteiger charge is 2.58. The molecule has 3 aromatic rings. The van der Waals surface area contributed by atoms with Crippen molar-refractivity contribution in [2.24, 2.45) is 11.8 Å². The minimum atomic E-state index is -0.702. The lowest BCUT2D eigenvalue weighted by Crippen LogP contribution is -2.63. The normalized spacial score (nSPS) is 24.2. The molecule has 1 spiro atoms. The fourth-order valence-electron chi connectivity index (χ4n) is 9.99. The molecule has 292 valence electrons. The van der Waals surface area contributed by atoms with Gasteiger partial charge in [0, 0.05) is 82.5 Å². The molecule has 1 aliphatic carbocycles. The number of carbonyl (C=O) groups is 2. The third kappa shape index (κ3) is 6.63. The zero-order chi connectivity index (χ0) is 38.0. The number of ether oxygens (including phenoxy) is 4. The van der Waals surface area contributed by atoms with Crippen molar-refractivity contribution in [3.63, 3.8) is 0 Å². The van der Waals surface area contributed by atoms with Crippen molar-refractivity contribution in [2.45, 2.75) is 57.0 Å². The Balaban J connectivity index is 1.37. The number of benzene rings is 2. The summed E-state index contributed by atoms with van der Waals surface area (Å²) in [5.41, 5.74) is 3.97. The zero-order valence-electron chi connectivity index (χ0n) is 32.8. The lowest BCUT2D eigenvalue weighted by molar-refractivity contribution is -0.153. The lowest BCUT2D eigenvalue weighted by Gasteiger charge is -2.59. The van der Waals surface area contributed by atoms with E-state index >= 15 is 0 Å². The molecule has 7 rings (SSSR count). The quantitative estimate of drug-likeness (QED) is 0.298. The molecular weight excluding hydrogens is 686 g/mol. The first-order valence-corrected chi connectivity index (χ1v) is 19.5. The maximum Gasteiger partial charge on any atom is 0.225 e. The summed E-state index contributed by atoms with van der Waals surface area (Å²) in [4.78, 5) is 46.0. The van der Waals surface area contributed by atoms with E-state index in [0.29, 0.717) is 81.3 Å². The first kappa shape index (κ1) is 37.8. The monoisotopic (exact) mass is 743 g/mol. The van der Waals surface area contributed by atoms with Gasteiger partial charge >= 0.3 is 0 Å². The van der Waals surface area contributed by atoms with Gasteiger partial charge in [0.15, 0.2) is 23.0 Å². The largest absolute Gasteiger partial charge is 0.493 e. The van der Waals surface area contributed by atoms with Crippen LogP contribution in [-0.4, -0.2) is 124 Å². The van der Waals surface area contributed by atoms with Gasteiger partial charge in [-0.15, -0.1) is 0 Å². The average molecular weight is 744 g/mol. The van der Waals surface area contributed by atoms with E-state index in [0.717, 1.165) is 44.1 Å². The van der Waals surface area contributed by atoms with Gasteiger partial charge in [0.1, 0.15) is 0 Å². The van der Waals surface area contributed by atoms with Crippen molar-refractivity contribution in [2.75, 3.05) is 92.7 Å². The topological polar surface area (TPSA) is 125 Å². The van der Waals surface area contributed by atoms with Crippen LogP contribution in [0.15, 0.2) is 36.7 Å². The van der Waals surface area contributed by atoms with Gasteiger partial charge in [0.05, 0.1) is 34.0 Å². The minimum absolute atomic E-state index is 0.0939. The number of aromatic amines is 1. The predicted octanol–water partition coefficient (Wildman–Crippen LogP) is 4.02. The first-order chi connectivity index (χ1) is 26.3. The van der Waals surface area contributed by atoms with Gasteiger partial charge in [-0.2, -0.15) is 0 Å². The molecular formula is C41H57N7O6. The third-order valence-electron chi connectivity index (χ3n) is 12.6. The Morgan fingerprint density at radius 2 is 1.56 bits per heavy atom. The molecule has 1 saturated heterocycles. The molecule has 2 N–H and O–H groups in total. The number of amides is 2. The van der Waals surface area contributed by atoms with Crippen LogP contribution in [0.5, 0.6) is 23.0 Å². The molecule has 2 fully saturated rings. The van der Waals surface area contributed by atoms with Crippen LogP contribution in [0.4, 0.5) is 5.95 Å². The summed E-state index contributed by atoms with van der Waals surface area (Å²) < 4.78 is 23.5. The Kier molecular flexibility index (Phi) is 11.3. The number of imidazole rings is 1. The van der Waals surface area contributed by atoms with E-state index in [-0.39, 0.29) is 29.7 Å². The van der Waals surface area contributed by atoms with E-state index in [1.54, 1.807) is 34.6 Å². The second kappa shape index (κ2) is 16.1. The number of rotatable bonds is 11. The summed E-state index contributed by atoms with van der Waals surface area (Å²) in [6, 6.07) is 8.42. The van der Waals surface area contributed by atoms with Crippen LogP contribution >= 0.6 is 0 Å². The fraction of sp³-hybridized carbons (Fsp3) is 0.585. The minimum Gasteiger partial charge on any atom is -0.493 e. The molecule has 2 aromatic carbocycles. The number of anilines is 1. The number of nitrogens with zero attached hydrogens (tertiary/aromatic N) is 5. The molecule has 1 saturated carbocycles. The highest BCUT2D eigenvalue weighted by Crippen LogP contribution is 2.59. The smallest absolute Gasteiger partial charge is 0.225 e. The number of H-pyrrole nitrogens is 1. The highest BCUT2D eigenvalue weighted by molar-refractivity contribution is 5.81. The van der Waals surface area contributed by atoms with Gasteiger partial charge in [-0.05, 0) is 92.2 Å². The Morgan fingerprint density at radius 3 is 2.20 bits per heavy atom. The van der Waals surface area contributed by atoms with E-state index in [2.05, 4.69) is 66.1 Å². The van der Waals surface area contributed by atoms with E-state index in [9.17, 15) is 9.59 Å². The molecule has 1 aromatic heterocycles. The number of piperazine rings is 1. The lowest BCUT2D eigenvalue weighted by atomic mass is 9.58. The molecule has 0 radical (unpaired) electrons. The molecule has 4 aliphatic rings. The molecule has 4 atom stereocenters. The van der Waals surface area contributed by atoms with Crippen LogP contribution in [0.1, 0.15) is 60.9 Å². The summed E-state index contributed by atoms with van der Waals surface area (Å²) in [6.07, 6.45) is 7.54. The van der Waals surface area contributed by atoms with Crippen LogP contribution in [0.25, 0.3) is 0 Å². The maximum absolute atomic E-state index is 14.7. The molecule has 54 heavy (non-hydrogen) atoms. The third-order valence-corrected chi connectivity index (χ3v) is 12.6. The molecule has 2 amide bonds. The van der Waals surface area contributed by atoms with Gasteiger partial charge in [-0.25, -0.2) is 4.98 Å². The molecule has 4 heterocycles. The van der Waals surface area contributed by atoms with Crippen LogP contribution in [0.2, 0.25) is 0 Å². The van der Waals surface area contributed by atoms with Crippen molar-refractivity contribution in [3.8, 4) is 23.0 Å². The Labute approximate surface area is 319 Å². The predicted molar refractivity (Wildman–Crippen MR) is 207 cm³/mol. The number of nitrogens with one attached hydrogen (secondary N) is 2. The first-order valence-electron chi connectivity index (χ1n) is 19.5. The summed E-state index contributed by atoms with van der Waals surface area (Å²) >= 11 is 0. The van der Waals surface area contributed by atoms with E-state index in [4.69, 9.17) is 18.9 Å². The molecule has 13 nitrogen and oxygen atoms in total. The number of carbonyl (C=O) groups excluding carboxylic acids is 2. The van der Waals surface area contributed by atoms with E-state index in [1.165, 1.54) is 16.7 Å². The second-order valence-electron chi connectivity index (χ2n) is 15.0. The number of aromatic nitrogens is 2. The van der Waals surface area contributed by atoms with E-state index < -0.39 is 5.54 Å². The van der Waals surface area contributed by atoms with Gasteiger partial charge < -0.3 is 43.9 Å². The van der Waals surface area contributed by atoms with Crippen molar-refractivity contribution >= 4 is 17.8 Å². The fourth-order valence-corrected chi connectivity index (χ4v) is 9.99. The van der Waals surface area contributed by atoms with Crippen molar-refractivity contribution in [1.29, 1.82) is 0 Å². The van der Waals surface area contributed by atoms with E-state index in [1.807, 2.05) is 13.2 Å². The van der Waals surface area contributed by atoms with Gasteiger partial charge in [0.25, 0.3) is 0 Å². The zero-order valence-corrected chi connectivity index (χ0v) is 32.8. The van der Waals surface area contributed by atoms with Crippen LogP contribution in [0, 0.1) is 11.8 Å². The summed E-state index contributed by atoms with van der Waals surface area (Å²) in [5.74, 6) is 3.58. The molecule has 4 unspecified atom stereocenters. The number of hydrogen-bond acceptors (Lipinski definition) is 10. The summed E-state index contributed by atoms with van der Waals surface area (Å²) in [6.45, 7) is 7.81. The SMILES string of the molecule is CCN1CCc2cc(OC)c(OC)cc2C1C1CC(C(=O)N2CCN(c3ncc[nH]3)CC2)CCC12c1cc(OC)c(OC)cc1CCN2C(=O)CCNC. The number of methoxy groups -OCH3 is 4. The summed E-state index contributed by atoms with van der Waals surface area (Å²) in [7, 11) is 8.59. The van der Waals surface area contributed by atoms with Gasteiger partial charge in [-0.1, -0.05) is 6.92 Å². The van der Waals surface area contributed by atoms with Crippen molar-refractivity contribution < 1.29 is 28.5 Å². The number of fused-ring (bicyclic) bond motifs is 3. The Hall–Kier alpha value is -4.49. The Bertz CT molecular complexity index is 1790. The highest BCUT2D eigenvalue weighted by atomic mass is 16.5. The molecule has 3 aliphatic heterocycles. The van der Waals surface area contributed by atoms with Crippen LogP contribution in [0.3, 0.4) is 0 Å². The molecule has 13 heteroatoms. The average Bonchev–Trinajstić information content (AvgIpc) is 3.77. The Morgan fingerprint density at radius 1 is 0.889 bits per heavy atom. The summed E-state index contributed by atoms with van der Waals surface area (Å²) in [5, 5.41) is 3.20. The number of likely N-dealkylation sites (N-methyl/N-ethyl adjacent to an activating group) is 1. The van der Waals surface area contributed by atoms with Gasteiger partial charge in [0.2, 0.25) is 17.8 Å². The maximum atomic E-state index is 14.7.